The lowest BCUT2D eigenvalue weighted by Gasteiger charge is -2.13. The van der Waals surface area contributed by atoms with Gasteiger partial charge in [-0.25, -0.2) is 17.9 Å². The van der Waals surface area contributed by atoms with Crippen molar-refractivity contribution in [1.82, 2.24) is 15.0 Å². The molecule has 0 saturated carbocycles. The summed E-state index contributed by atoms with van der Waals surface area (Å²) in [6, 6.07) is 1.17. The van der Waals surface area contributed by atoms with Crippen molar-refractivity contribution in [1.29, 1.82) is 0 Å². The number of aromatic nitrogens is 3. The van der Waals surface area contributed by atoms with E-state index in [1.165, 1.54) is 6.20 Å². The molecule has 2 aromatic rings. The van der Waals surface area contributed by atoms with Crippen LogP contribution in [-0.2, 0) is 5.54 Å². The molecule has 1 aromatic carbocycles. The fourth-order valence-electron chi connectivity index (χ4n) is 1.36. The highest BCUT2D eigenvalue weighted by atomic mass is 19.2. The summed E-state index contributed by atoms with van der Waals surface area (Å²) in [4.78, 5) is 0. The Bertz CT molecular complexity index is 586. The first-order valence-electron chi connectivity index (χ1n) is 5.15. The van der Waals surface area contributed by atoms with E-state index in [9.17, 15) is 13.2 Å². The second kappa shape index (κ2) is 4.09. The minimum absolute atomic E-state index is 0.225. The topological polar surface area (TPSA) is 56.7 Å². The van der Waals surface area contributed by atoms with Crippen molar-refractivity contribution in [2.75, 3.05) is 0 Å². The SMILES string of the molecule is CC(C)(N)c1cn(-c2cc(F)c(F)cc2F)nn1. The molecule has 0 radical (unpaired) electrons. The van der Waals surface area contributed by atoms with Gasteiger partial charge in [0.25, 0.3) is 0 Å². The molecule has 0 aliphatic heterocycles. The van der Waals surface area contributed by atoms with E-state index in [2.05, 4.69) is 10.3 Å². The molecule has 7 heteroatoms. The van der Waals surface area contributed by atoms with Crippen molar-refractivity contribution in [3.05, 3.63) is 41.5 Å². The lowest BCUT2D eigenvalue weighted by molar-refractivity contribution is 0.491. The molecule has 2 N–H and O–H groups in total. The Morgan fingerprint density at radius 2 is 1.72 bits per heavy atom. The average molecular weight is 256 g/mol. The van der Waals surface area contributed by atoms with Gasteiger partial charge in [-0.1, -0.05) is 5.21 Å². The van der Waals surface area contributed by atoms with Crippen LogP contribution >= 0.6 is 0 Å². The molecule has 0 atom stereocenters. The van der Waals surface area contributed by atoms with Crippen molar-refractivity contribution in [2.24, 2.45) is 5.73 Å². The van der Waals surface area contributed by atoms with Crippen LogP contribution in [0, 0.1) is 17.5 Å². The average Bonchev–Trinajstić information content (AvgIpc) is 2.72. The molecule has 0 saturated heterocycles. The molecule has 0 aliphatic rings. The van der Waals surface area contributed by atoms with Crippen molar-refractivity contribution in [2.45, 2.75) is 19.4 Å². The zero-order valence-electron chi connectivity index (χ0n) is 9.78. The molecular formula is C11H11F3N4. The van der Waals surface area contributed by atoms with E-state index in [4.69, 9.17) is 5.73 Å². The smallest absolute Gasteiger partial charge is 0.161 e. The Kier molecular flexibility index (Phi) is 2.86. The Morgan fingerprint density at radius 1 is 1.11 bits per heavy atom. The maximum absolute atomic E-state index is 13.5. The Morgan fingerprint density at radius 3 is 2.28 bits per heavy atom. The summed E-state index contributed by atoms with van der Waals surface area (Å²) in [6.45, 7) is 3.39. The minimum atomic E-state index is -1.25. The quantitative estimate of drug-likeness (QED) is 0.835. The predicted octanol–water partition coefficient (Wildman–Crippen LogP) is 1.88. The number of halogens is 3. The van der Waals surface area contributed by atoms with E-state index >= 15 is 0 Å². The zero-order valence-corrected chi connectivity index (χ0v) is 9.78. The number of benzene rings is 1. The van der Waals surface area contributed by atoms with Crippen LogP contribution in [0.3, 0.4) is 0 Å². The minimum Gasteiger partial charge on any atom is -0.320 e. The van der Waals surface area contributed by atoms with Crippen LogP contribution < -0.4 is 5.73 Å². The highest BCUT2D eigenvalue weighted by molar-refractivity contribution is 5.34. The van der Waals surface area contributed by atoms with Crippen LogP contribution in [0.2, 0.25) is 0 Å². The van der Waals surface area contributed by atoms with Gasteiger partial charge < -0.3 is 5.73 Å². The van der Waals surface area contributed by atoms with Crippen LogP contribution in [0.5, 0.6) is 0 Å². The van der Waals surface area contributed by atoms with Gasteiger partial charge in [-0.05, 0) is 13.8 Å². The molecule has 0 aliphatic carbocycles. The number of nitrogens with two attached hydrogens (primary N) is 1. The van der Waals surface area contributed by atoms with Crippen LogP contribution in [-0.4, -0.2) is 15.0 Å². The number of rotatable bonds is 2. The van der Waals surface area contributed by atoms with Crippen molar-refractivity contribution in [3.63, 3.8) is 0 Å². The van der Waals surface area contributed by atoms with Crippen molar-refractivity contribution in [3.8, 4) is 5.69 Å². The highest BCUT2D eigenvalue weighted by Gasteiger charge is 2.20. The Balaban J connectivity index is 2.50. The third-order valence-electron chi connectivity index (χ3n) is 2.39. The van der Waals surface area contributed by atoms with Crippen LogP contribution in [0.4, 0.5) is 13.2 Å². The monoisotopic (exact) mass is 256 g/mol. The number of nitrogens with zero attached hydrogens (tertiary/aromatic N) is 3. The fourth-order valence-corrected chi connectivity index (χ4v) is 1.36. The maximum atomic E-state index is 13.5. The highest BCUT2D eigenvalue weighted by Crippen LogP contribution is 2.19. The molecule has 4 nitrogen and oxygen atoms in total. The molecule has 1 aromatic heterocycles. The van der Waals surface area contributed by atoms with Crippen LogP contribution in [0.1, 0.15) is 19.5 Å². The first kappa shape index (κ1) is 12.6. The number of hydrogen-bond donors (Lipinski definition) is 1. The second-order valence-electron chi connectivity index (χ2n) is 4.49. The second-order valence-corrected chi connectivity index (χ2v) is 4.49. The largest absolute Gasteiger partial charge is 0.320 e. The van der Waals surface area contributed by atoms with Gasteiger partial charge in [0, 0.05) is 12.1 Å². The first-order chi connectivity index (χ1) is 8.29. The lowest BCUT2D eigenvalue weighted by atomic mass is 10.0. The summed E-state index contributed by atoms with van der Waals surface area (Å²) in [5.74, 6) is -3.34. The van der Waals surface area contributed by atoms with Gasteiger partial charge >= 0.3 is 0 Å². The Hall–Kier alpha value is -1.89. The third-order valence-corrected chi connectivity index (χ3v) is 2.39. The molecule has 0 unspecified atom stereocenters. The summed E-state index contributed by atoms with van der Waals surface area (Å²) in [5.41, 5.74) is 5.22. The van der Waals surface area contributed by atoms with Crippen LogP contribution in [0.25, 0.3) is 5.69 Å². The Labute approximate surface area is 101 Å². The van der Waals surface area contributed by atoms with Gasteiger partial charge in [-0.15, -0.1) is 5.10 Å². The predicted molar refractivity (Wildman–Crippen MR) is 58.4 cm³/mol. The van der Waals surface area contributed by atoms with Crippen molar-refractivity contribution < 1.29 is 13.2 Å². The van der Waals surface area contributed by atoms with Crippen molar-refractivity contribution >= 4 is 0 Å². The molecule has 0 spiro atoms. The van der Waals surface area contributed by atoms with Gasteiger partial charge in [0.15, 0.2) is 17.5 Å². The summed E-state index contributed by atoms with van der Waals surface area (Å²) in [7, 11) is 0. The van der Waals surface area contributed by atoms with E-state index in [0.717, 1.165) is 4.68 Å². The van der Waals surface area contributed by atoms with Crippen LogP contribution in [0.15, 0.2) is 18.3 Å². The molecule has 2 rings (SSSR count). The summed E-state index contributed by atoms with van der Waals surface area (Å²) < 4.78 is 40.4. The van der Waals surface area contributed by atoms with Gasteiger partial charge in [0.2, 0.25) is 0 Å². The normalized spacial score (nSPS) is 11.9. The summed E-state index contributed by atoms with van der Waals surface area (Å²) in [6.07, 6.45) is 1.37. The molecule has 0 amide bonds. The van der Waals surface area contributed by atoms with E-state index in [0.29, 0.717) is 17.8 Å². The molecule has 18 heavy (non-hydrogen) atoms. The van der Waals surface area contributed by atoms with Gasteiger partial charge in [-0.2, -0.15) is 0 Å². The standard InChI is InChI=1S/C11H11F3N4/c1-11(2,15)10-5-18(17-16-10)9-4-7(13)6(12)3-8(9)14/h3-5H,15H2,1-2H3. The first-order valence-corrected chi connectivity index (χ1v) is 5.15. The maximum Gasteiger partial charge on any atom is 0.161 e. The molecule has 1 heterocycles. The number of hydrogen-bond acceptors (Lipinski definition) is 3. The van der Waals surface area contributed by atoms with E-state index in [1.807, 2.05) is 0 Å². The van der Waals surface area contributed by atoms with Gasteiger partial charge in [0.05, 0.1) is 11.7 Å². The molecule has 96 valence electrons. The van der Waals surface area contributed by atoms with E-state index in [-0.39, 0.29) is 5.69 Å². The van der Waals surface area contributed by atoms with Gasteiger partial charge in [0.1, 0.15) is 11.4 Å². The summed E-state index contributed by atoms with van der Waals surface area (Å²) in [5, 5.41) is 7.40. The summed E-state index contributed by atoms with van der Waals surface area (Å²) >= 11 is 0. The molecule has 0 bridgehead atoms. The van der Waals surface area contributed by atoms with Gasteiger partial charge in [-0.3, -0.25) is 0 Å². The third kappa shape index (κ3) is 2.21. The van der Waals surface area contributed by atoms with E-state index in [1.54, 1.807) is 13.8 Å². The lowest BCUT2D eigenvalue weighted by Crippen LogP contribution is -2.29. The molecular weight excluding hydrogens is 245 g/mol. The molecule has 0 fully saturated rings. The fraction of sp³-hybridized carbons (Fsp3) is 0.273. The zero-order chi connectivity index (χ0) is 13.5. The van der Waals surface area contributed by atoms with E-state index < -0.39 is 23.0 Å².